The number of Topliss-reactive ketones (excluding diaryl/α,β-unsaturated/α-hetero) is 1. The Morgan fingerprint density at radius 3 is 2.35 bits per heavy atom. The number of amides is 1. The van der Waals surface area contributed by atoms with Gasteiger partial charge in [0.15, 0.2) is 0 Å². The van der Waals surface area contributed by atoms with Gasteiger partial charge < -0.3 is 9.84 Å². The zero-order valence-electron chi connectivity index (χ0n) is 18.8. The zero-order valence-corrected chi connectivity index (χ0v) is 18.8. The Balaban J connectivity index is 1.99. The topological polar surface area (TPSA) is 110 Å². The number of nitro groups is 1. The Morgan fingerprint density at radius 1 is 1.03 bits per heavy atom. The number of non-ortho nitro benzene ring substituents is 1. The smallest absolute Gasteiger partial charge is 0.300 e. The van der Waals surface area contributed by atoms with Crippen LogP contribution in [0.15, 0.2) is 72.3 Å². The number of anilines is 1. The number of carbonyl (C=O) groups is 2. The molecule has 0 spiro atoms. The standard InChI is InChI=1S/C26H22N2O6/c1-15-8-9-16(2)20(14-15)27-23(19-6-4-5-7-21(19)34-3)22(25(30)26(27)31)24(29)17-10-12-18(13-11-17)28(32)33/h4-14,23,29H,1-3H3/b24-22+. The molecule has 3 aromatic rings. The number of ether oxygens (including phenoxy) is 1. The fraction of sp³-hybridized carbons (Fsp3) is 0.154. The third kappa shape index (κ3) is 3.79. The van der Waals surface area contributed by atoms with E-state index in [-0.39, 0.29) is 16.8 Å². The van der Waals surface area contributed by atoms with Crippen LogP contribution in [0.1, 0.15) is 28.3 Å². The molecule has 1 aliphatic heterocycles. The van der Waals surface area contributed by atoms with Crippen LogP contribution in [0, 0.1) is 24.0 Å². The van der Waals surface area contributed by atoms with Gasteiger partial charge in [0.1, 0.15) is 11.5 Å². The van der Waals surface area contributed by atoms with Gasteiger partial charge in [-0.1, -0.05) is 30.3 Å². The minimum absolute atomic E-state index is 0.121. The third-order valence-electron chi connectivity index (χ3n) is 5.85. The van der Waals surface area contributed by atoms with Crippen LogP contribution in [-0.2, 0) is 9.59 Å². The van der Waals surface area contributed by atoms with Crippen molar-refractivity contribution in [3.8, 4) is 5.75 Å². The number of aliphatic hydroxyl groups excluding tert-OH is 1. The summed E-state index contributed by atoms with van der Waals surface area (Å²) in [6, 6.07) is 16.7. The molecule has 0 aromatic heterocycles. The molecule has 0 bridgehead atoms. The molecule has 1 heterocycles. The molecule has 172 valence electrons. The molecule has 1 saturated heterocycles. The van der Waals surface area contributed by atoms with Crippen LogP contribution in [0.2, 0.25) is 0 Å². The average molecular weight is 458 g/mol. The summed E-state index contributed by atoms with van der Waals surface area (Å²) in [5.41, 5.74) is 2.65. The molecule has 34 heavy (non-hydrogen) atoms. The van der Waals surface area contributed by atoms with Gasteiger partial charge in [0.25, 0.3) is 17.4 Å². The quantitative estimate of drug-likeness (QED) is 0.192. The minimum Gasteiger partial charge on any atom is -0.507 e. The van der Waals surface area contributed by atoms with Crippen molar-refractivity contribution in [2.45, 2.75) is 19.9 Å². The maximum atomic E-state index is 13.3. The highest BCUT2D eigenvalue weighted by atomic mass is 16.6. The maximum Gasteiger partial charge on any atom is 0.300 e. The summed E-state index contributed by atoms with van der Waals surface area (Å²) in [5.74, 6) is -1.61. The predicted molar refractivity (Wildman–Crippen MR) is 127 cm³/mol. The molecule has 3 aromatic carbocycles. The summed E-state index contributed by atoms with van der Waals surface area (Å²) in [7, 11) is 1.49. The molecule has 8 nitrogen and oxygen atoms in total. The number of ketones is 1. The molecule has 1 N–H and O–H groups in total. The van der Waals surface area contributed by atoms with E-state index in [1.165, 1.54) is 36.3 Å². The summed E-state index contributed by atoms with van der Waals surface area (Å²) in [6.07, 6.45) is 0. The lowest BCUT2D eigenvalue weighted by atomic mass is 9.94. The Morgan fingerprint density at radius 2 is 1.71 bits per heavy atom. The number of methoxy groups -OCH3 is 1. The fourth-order valence-corrected chi connectivity index (χ4v) is 4.14. The average Bonchev–Trinajstić information content (AvgIpc) is 3.10. The van der Waals surface area contributed by atoms with Crippen molar-refractivity contribution in [1.29, 1.82) is 0 Å². The zero-order chi connectivity index (χ0) is 24.6. The normalized spacial score (nSPS) is 17.1. The number of nitro benzene ring substituents is 1. The molecular weight excluding hydrogens is 436 g/mol. The monoisotopic (exact) mass is 458 g/mol. The number of aryl methyl sites for hydroxylation is 2. The molecule has 8 heteroatoms. The van der Waals surface area contributed by atoms with Crippen molar-refractivity contribution in [3.63, 3.8) is 0 Å². The van der Waals surface area contributed by atoms with Crippen LogP contribution in [0.4, 0.5) is 11.4 Å². The number of aliphatic hydroxyl groups is 1. The second-order valence-corrected chi connectivity index (χ2v) is 8.00. The van der Waals surface area contributed by atoms with Crippen molar-refractivity contribution in [1.82, 2.24) is 0 Å². The molecule has 1 unspecified atom stereocenters. The van der Waals surface area contributed by atoms with E-state index in [4.69, 9.17) is 4.74 Å². The van der Waals surface area contributed by atoms with Crippen LogP contribution >= 0.6 is 0 Å². The SMILES string of the molecule is COc1ccccc1C1/C(=C(\O)c2ccc([N+](=O)[O-])cc2)C(=O)C(=O)N1c1cc(C)ccc1C. The van der Waals surface area contributed by atoms with E-state index in [9.17, 15) is 24.8 Å². The van der Waals surface area contributed by atoms with Crippen molar-refractivity contribution in [2.24, 2.45) is 0 Å². The van der Waals surface area contributed by atoms with Gasteiger partial charge in [0.05, 0.1) is 23.6 Å². The number of rotatable bonds is 5. The highest BCUT2D eigenvalue weighted by Crippen LogP contribution is 2.45. The Hall–Kier alpha value is -4.46. The number of benzene rings is 3. The second-order valence-electron chi connectivity index (χ2n) is 8.00. The summed E-state index contributed by atoms with van der Waals surface area (Å²) in [6.45, 7) is 3.72. The van der Waals surface area contributed by atoms with Gasteiger partial charge in [0.2, 0.25) is 0 Å². The molecule has 0 saturated carbocycles. The molecule has 1 atom stereocenters. The van der Waals surface area contributed by atoms with Gasteiger partial charge in [-0.25, -0.2) is 0 Å². The number of para-hydroxylation sites is 1. The number of nitrogens with zero attached hydrogens (tertiary/aromatic N) is 2. The highest BCUT2D eigenvalue weighted by molar-refractivity contribution is 6.51. The lowest BCUT2D eigenvalue weighted by molar-refractivity contribution is -0.384. The first kappa shape index (κ1) is 22.7. The van der Waals surface area contributed by atoms with Crippen molar-refractivity contribution in [3.05, 3.63) is 105 Å². The summed E-state index contributed by atoms with van der Waals surface area (Å²) < 4.78 is 5.51. The molecule has 1 aliphatic rings. The maximum absolute atomic E-state index is 13.3. The van der Waals surface area contributed by atoms with Gasteiger partial charge in [-0.3, -0.25) is 24.6 Å². The van der Waals surface area contributed by atoms with Gasteiger partial charge >= 0.3 is 0 Å². The first-order chi connectivity index (χ1) is 16.2. The number of carbonyl (C=O) groups excluding carboxylic acids is 2. The van der Waals surface area contributed by atoms with Gasteiger partial charge in [0, 0.05) is 28.9 Å². The third-order valence-corrected chi connectivity index (χ3v) is 5.85. The minimum atomic E-state index is -0.966. The first-order valence-electron chi connectivity index (χ1n) is 10.5. The Kier molecular flexibility index (Phi) is 5.89. The van der Waals surface area contributed by atoms with E-state index in [0.29, 0.717) is 17.0 Å². The van der Waals surface area contributed by atoms with Gasteiger partial charge in [-0.15, -0.1) is 0 Å². The lowest BCUT2D eigenvalue weighted by Gasteiger charge is -2.28. The van der Waals surface area contributed by atoms with E-state index in [0.717, 1.165) is 11.1 Å². The lowest BCUT2D eigenvalue weighted by Crippen LogP contribution is -2.30. The van der Waals surface area contributed by atoms with Crippen LogP contribution in [0.5, 0.6) is 5.75 Å². The summed E-state index contributed by atoms with van der Waals surface area (Å²) in [4.78, 5) is 38.5. The molecule has 0 radical (unpaired) electrons. The Bertz CT molecular complexity index is 1340. The van der Waals surface area contributed by atoms with Crippen molar-refractivity contribution in [2.75, 3.05) is 12.0 Å². The largest absolute Gasteiger partial charge is 0.507 e. The second kappa shape index (κ2) is 8.82. The van der Waals surface area contributed by atoms with Gasteiger partial charge in [-0.2, -0.15) is 0 Å². The predicted octanol–water partition coefficient (Wildman–Crippen LogP) is 4.85. The van der Waals surface area contributed by atoms with E-state index in [1.54, 1.807) is 24.3 Å². The Labute approximate surface area is 195 Å². The molecule has 0 aliphatic carbocycles. The van der Waals surface area contributed by atoms with E-state index >= 15 is 0 Å². The van der Waals surface area contributed by atoms with E-state index in [2.05, 4.69) is 0 Å². The van der Waals surface area contributed by atoms with Crippen LogP contribution < -0.4 is 9.64 Å². The highest BCUT2D eigenvalue weighted by Gasteiger charge is 2.48. The molecule has 4 rings (SSSR count). The van der Waals surface area contributed by atoms with E-state index in [1.807, 2.05) is 32.0 Å². The van der Waals surface area contributed by atoms with Crippen molar-refractivity contribution < 1.29 is 24.4 Å². The number of hydrogen-bond donors (Lipinski definition) is 1. The molecule has 1 fully saturated rings. The van der Waals surface area contributed by atoms with Gasteiger partial charge in [-0.05, 0) is 49.2 Å². The van der Waals surface area contributed by atoms with E-state index < -0.39 is 28.4 Å². The fourth-order valence-electron chi connectivity index (χ4n) is 4.14. The van der Waals surface area contributed by atoms with Crippen molar-refractivity contribution >= 4 is 28.8 Å². The molecular formula is C26H22N2O6. The summed E-state index contributed by atoms with van der Waals surface area (Å²) in [5, 5.41) is 22.2. The van der Waals surface area contributed by atoms with Crippen LogP contribution in [0.3, 0.4) is 0 Å². The number of hydrogen-bond acceptors (Lipinski definition) is 6. The van der Waals surface area contributed by atoms with Crippen LogP contribution in [-0.4, -0.2) is 28.8 Å². The van der Waals surface area contributed by atoms with Crippen LogP contribution in [0.25, 0.3) is 5.76 Å². The first-order valence-corrected chi connectivity index (χ1v) is 10.5. The molecule has 1 amide bonds. The summed E-state index contributed by atoms with van der Waals surface area (Å²) >= 11 is 0.